The molecule has 3 rings (SSSR count). The van der Waals surface area contributed by atoms with E-state index in [1.807, 2.05) is 24.3 Å². The predicted octanol–water partition coefficient (Wildman–Crippen LogP) is 2.65. The number of halogens is 1. The smallest absolute Gasteiger partial charge is 0.0813 e. The van der Waals surface area contributed by atoms with Gasteiger partial charge in [0, 0.05) is 43.2 Å². The number of benzene rings is 1. The zero-order chi connectivity index (χ0) is 13.9. The minimum absolute atomic E-state index is 0.368. The highest BCUT2D eigenvalue weighted by molar-refractivity contribution is 9.10. The Balaban J connectivity index is 1.44. The van der Waals surface area contributed by atoms with Gasteiger partial charge < -0.3 is 10.0 Å². The molecule has 2 aliphatic rings. The van der Waals surface area contributed by atoms with Gasteiger partial charge in [0.05, 0.1) is 6.10 Å². The Labute approximate surface area is 129 Å². The van der Waals surface area contributed by atoms with Gasteiger partial charge in [0.25, 0.3) is 0 Å². The van der Waals surface area contributed by atoms with Crippen LogP contribution < -0.4 is 0 Å². The number of nitrogens with zero attached hydrogens (tertiary/aromatic N) is 2. The van der Waals surface area contributed by atoms with Crippen LogP contribution in [0.1, 0.15) is 30.9 Å². The normalized spacial score (nSPS) is 22.9. The van der Waals surface area contributed by atoms with Gasteiger partial charge >= 0.3 is 0 Å². The van der Waals surface area contributed by atoms with Gasteiger partial charge in [0.15, 0.2) is 0 Å². The molecule has 1 aliphatic heterocycles. The molecule has 0 spiro atoms. The monoisotopic (exact) mass is 338 g/mol. The average Bonchev–Trinajstić information content (AvgIpc) is 3.30. The Morgan fingerprint density at radius 2 is 1.85 bits per heavy atom. The fourth-order valence-electron chi connectivity index (χ4n) is 3.00. The quantitative estimate of drug-likeness (QED) is 0.894. The first-order valence-corrected chi connectivity index (χ1v) is 8.42. The van der Waals surface area contributed by atoms with E-state index in [9.17, 15) is 5.11 Å². The zero-order valence-corrected chi connectivity index (χ0v) is 13.4. The van der Waals surface area contributed by atoms with Crippen molar-refractivity contribution in [2.24, 2.45) is 0 Å². The molecular formula is C16H23BrN2O. The van der Waals surface area contributed by atoms with E-state index in [-0.39, 0.29) is 6.10 Å². The summed E-state index contributed by atoms with van der Waals surface area (Å²) in [5, 5.41) is 10.3. The topological polar surface area (TPSA) is 26.7 Å². The molecule has 1 aromatic rings. The number of hydrogen-bond acceptors (Lipinski definition) is 3. The van der Waals surface area contributed by atoms with Gasteiger partial charge in [-0.15, -0.1) is 0 Å². The molecule has 0 aromatic heterocycles. The highest BCUT2D eigenvalue weighted by Gasteiger charge is 2.31. The Hall–Kier alpha value is -0.420. The van der Waals surface area contributed by atoms with Crippen LogP contribution in [0.3, 0.4) is 0 Å². The van der Waals surface area contributed by atoms with Crippen LogP contribution in [0.25, 0.3) is 0 Å². The van der Waals surface area contributed by atoms with Gasteiger partial charge in [0.2, 0.25) is 0 Å². The summed E-state index contributed by atoms with van der Waals surface area (Å²) in [6, 6.07) is 8.85. The van der Waals surface area contributed by atoms with Crippen molar-refractivity contribution in [2.45, 2.75) is 31.4 Å². The fourth-order valence-corrected chi connectivity index (χ4v) is 3.55. The van der Waals surface area contributed by atoms with Crippen LogP contribution in [-0.4, -0.2) is 53.7 Å². The SMILES string of the molecule is OC(CCN1CCN(C2CC2)CC1)c1ccccc1Br. The summed E-state index contributed by atoms with van der Waals surface area (Å²) < 4.78 is 1.01. The minimum atomic E-state index is -0.368. The third-order valence-corrected chi connectivity index (χ3v) is 5.18. The van der Waals surface area contributed by atoms with Crippen LogP contribution in [0.4, 0.5) is 0 Å². The van der Waals surface area contributed by atoms with E-state index in [4.69, 9.17) is 0 Å². The van der Waals surface area contributed by atoms with Gasteiger partial charge in [-0.25, -0.2) is 0 Å². The third-order valence-electron chi connectivity index (χ3n) is 4.45. The Kier molecular flexibility index (Phi) is 4.76. The first-order chi connectivity index (χ1) is 9.74. The second-order valence-corrected chi connectivity index (χ2v) is 6.79. The summed E-state index contributed by atoms with van der Waals surface area (Å²) in [5.74, 6) is 0. The van der Waals surface area contributed by atoms with Crippen molar-refractivity contribution < 1.29 is 5.11 Å². The second-order valence-electron chi connectivity index (χ2n) is 5.93. The van der Waals surface area contributed by atoms with Gasteiger partial charge in [-0.2, -0.15) is 0 Å². The molecule has 1 saturated heterocycles. The lowest BCUT2D eigenvalue weighted by Crippen LogP contribution is -2.47. The van der Waals surface area contributed by atoms with E-state index in [2.05, 4.69) is 25.7 Å². The number of aliphatic hydroxyl groups excluding tert-OH is 1. The molecule has 3 nitrogen and oxygen atoms in total. The largest absolute Gasteiger partial charge is 0.388 e. The standard InChI is InChI=1S/C16H23BrN2O/c17-15-4-2-1-3-14(15)16(20)7-8-18-9-11-19(12-10-18)13-5-6-13/h1-4,13,16,20H,5-12H2. The van der Waals surface area contributed by atoms with Gasteiger partial charge in [-0.05, 0) is 30.9 Å². The number of aliphatic hydroxyl groups is 1. The summed E-state index contributed by atoms with van der Waals surface area (Å²) in [6.45, 7) is 5.70. The summed E-state index contributed by atoms with van der Waals surface area (Å²) in [4.78, 5) is 5.11. The van der Waals surface area contributed by atoms with E-state index < -0.39 is 0 Å². The molecule has 4 heteroatoms. The molecule has 1 aromatic carbocycles. The van der Waals surface area contributed by atoms with E-state index in [1.165, 1.54) is 25.9 Å². The number of piperazine rings is 1. The summed E-state index contributed by atoms with van der Waals surface area (Å²) in [7, 11) is 0. The molecule has 0 bridgehead atoms. The molecule has 0 amide bonds. The molecule has 1 saturated carbocycles. The molecule has 1 heterocycles. The lowest BCUT2D eigenvalue weighted by atomic mass is 10.1. The van der Waals surface area contributed by atoms with Gasteiger partial charge in [0.1, 0.15) is 0 Å². The molecule has 20 heavy (non-hydrogen) atoms. The lowest BCUT2D eigenvalue weighted by Gasteiger charge is -2.35. The van der Waals surface area contributed by atoms with Crippen LogP contribution in [-0.2, 0) is 0 Å². The fraction of sp³-hybridized carbons (Fsp3) is 0.625. The molecule has 1 N–H and O–H groups in total. The Morgan fingerprint density at radius 1 is 1.15 bits per heavy atom. The van der Waals surface area contributed by atoms with E-state index in [1.54, 1.807) is 0 Å². The number of hydrogen-bond donors (Lipinski definition) is 1. The maximum Gasteiger partial charge on any atom is 0.0813 e. The molecule has 1 unspecified atom stereocenters. The minimum Gasteiger partial charge on any atom is -0.388 e. The lowest BCUT2D eigenvalue weighted by molar-refractivity contribution is 0.0988. The van der Waals surface area contributed by atoms with Crippen LogP contribution in [0.5, 0.6) is 0 Å². The van der Waals surface area contributed by atoms with Gasteiger partial charge in [-0.1, -0.05) is 34.1 Å². The van der Waals surface area contributed by atoms with Crippen LogP contribution in [0.2, 0.25) is 0 Å². The molecule has 2 fully saturated rings. The zero-order valence-electron chi connectivity index (χ0n) is 11.8. The molecule has 0 radical (unpaired) electrons. The summed E-state index contributed by atoms with van der Waals surface area (Å²) in [5.41, 5.74) is 1.00. The highest BCUT2D eigenvalue weighted by atomic mass is 79.9. The first kappa shape index (κ1) is 14.5. The van der Waals surface area contributed by atoms with Crippen molar-refractivity contribution in [3.05, 3.63) is 34.3 Å². The molecule has 1 atom stereocenters. The molecule has 110 valence electrons. The molecular weight excluding hydrogens is 316 g/mol. The van der Waals surface area contributed by atoms with Crippen molar-refractivity contribution in [2.75, 3.05) is 32.7 Å². The second kappa shape index (κ2) is 6.56. The predicted molar refractivity (Wildman–Crippen MR) is 84.8 cm³/mol. The van der Waals surface area contributed by atoms with Crippen molar-refractivity contribution in [1.82, 2.24) is 9.80 Å². The van der Waals surface area contributed by atoms with Crippen LogP contribution in [0.15, 0.2) is 28.7 Å². The van der Waals surface area contributed by atoms with Gasteiger partial charge in [-0.3, -0.25) is 4.90 Å². The first-order valence-electron chi connectivity index (χ1n) is 7.63. The van der Waals surface area contributed by atoms with E-state index >= 15 is 0 Å². The highest BCUT2D eigenvalue weighted by Crippen LogP contribution is 2.28. The van der Waals surface area contributed by atoms with E-state index in [0.717, 1.165) is 42.1 Å². The van der Waals surface area contributed by atoms with Crippen molar-refractivity contribution in [3.63, 3.8) is 0 Å². The van der Waals surface area contributed by atoms with Crippen molar-refractivity contribution in [1.29, 1.82) is 0 Å². The summed E-state index contributed by atoms with van der Waals surface area (Å²) >= 11 is 3.51. The molecule has 1 aliphatic carbocycles. The Bertz CT molecular complexity index is 442. The maximum absolute atomic E-state index is 10.3. The van der Waals surface area contributed by atoms with Crippen LogP contribution >= 0.6 is 15.9 Å². The van der Waals surface area contributed by atoms with Crippen LogP contribution in [0, 0.1) is 0 Å². The van der Waals surface area contributed by atoms with Crippen molar-refractivity contribution in [3.8, 4) is 0 Å². The Morgan fingerprint density at radius 3 is 2.50 bits per heavy atom. The van der Waals surface area contributed by atoms with E-state index in [0.29, 0.717) is 0 Å². The van der Waals surface area contributed by atoms with Crippen molar-refractivity contribution >= 4 is 15.9 Å². The summed E-state index contributed by atoms with van der Waals surface area (Å²) in [6.07, 6.45) is 3.25. The third kappa shape index (κ3) is 3.61. The maximum atomic E-state index is 10.3. The average molecular weight is 339 g/mol. The number of rotatable bonds is 5.